The normalized spacial score (nSPS) is 13.6. The number of ether oxygens (including phenoxy) is 1. The van der Waals surface area contributed by atoms with Crippen LogP contribution in [-0.2, 0) is 11.2 Å². The highest BCUT2D eigenvalue weighted by molar-refractivity contribution is 7.80. The molecule has 102 valence electrons. The molecule has 9 heteroatoms. The number of methoxy groups -OCH3 is 1. The second-order valence-corrected chi connectivity index (χ2v) is 4.09. The van der Waals surface area contributed by atoms with Gasteiger partial charge < -0.3 is 10.5 Å². The van der Waals surface area contributed by atoms with Gasteiger partial charge in [0.05, 0.1) is 12.3 Å². The van der Waals surface area contributed by atoms with Gasteiger partial charge in [-0.05, 0) is 6.92 Å². The fourth-order valence-corrected chi connectivity index (χ4v) is 1.54. The van der Waals surface area contributed by atoms with Crippen molar-refractivity contribution in [3.63, 3.8) is 0 Å². The van der Waals surface area contributed by atoms with Gasteiger partial charge in [0.15, 0.2) is 0 Å². The third-order valence-corrected chi connectivity index (χ3v) is 2.60. The molecule has 1 aromatic heterocycles. The summed E-state index contributed by atoms with van der Waals surface area (Å²) in [5.41, 5.74) is 5.74. The molecule has 0 radical (unpaired) electrons. The molecule has 0 aliphatic carbocycles. The van der Waals surface area contributed by atoms with Gasteiger partial charge in [-0.2, -0.15) is 13.2 Å². The van der Waals surface area contributed by atoms with Gasteiger partial charge in [-0.25, -0.2) is 4.68 Å². The molecule has 0 bridgehead atoms. The van der Waals surface area contributed by atoms with Crippen molar-refractivity contribution in [2.75, 3.05) is 13.7 Å². The Morgan fingerprint density at radius 1 is 1.56 bits per heavy atom. The Labute approximate surface area is 107 Å². The van der Waals surface area contributed by atoms with Gasteiger partial charge in [0.25, 0.3) is 0 Å². The Morgan fingerprint density at radius 3 is 2.61 bits per heavy atom. The second-order valence-electron chi connectivity index (χ2n) is 3.65. The summed E-state index contributed by atoms with van der Waals surface area (Å²) in [6.45, 7) is 1.22. The van der Waals surface area contributed by atoms with E-state index < -0.39 is 12.2 Å². The van der Waals surface area contributed by atoms with Crippen LogP contribution in [0, 0.1) is 0 Å². The predicted molar refractivity (Wildman–Crippen MR) is 62.3 cm³/mol. The molecule has 1 aromatic rings. The van der Waals surface area contributed by atoms with Crippen LogP contribution in [0.25, 0.3) is 0 Å². The van der Waals surface area contributed by atoms with Gasteiger partial charge in [-0.3, -0.25) is 0 Å². The van der Waals surface area contributed by atoms with Crippen molar-refractivity contribution in [2.45, 2.75) is 25.6 Å². The molecule has 0 saturated carbocycles. The molecule has 1 rings (SSSR count). The molecular formula is C9H13F3N4OS. The van der Waals surface area contributed by atoms with Crippen LogP contribution in [0.5, 0.6) is 0 Å². The number of hydrogen-bond acceptors (Lipinski definition) is 4. The average molecular weight is 282 g/mol. The first kappa shape index (κ1) is 14.8. The SMILES string of the molecule is COCCc1c(C(N)=S)nnn1C(C)C(F)(F)F. The van der Waals surface area contributed by atoms with Gasteiger partial charge in [0.1, 0.15) is 16.7 Å². The van der Waals surface area contributed by atoms with Gasteiger partial charge >= 0.3 is 6.18 Å². The van der Waals surface area contributed by atoms with E-state index in [1.807, 2.05) is 0 Å². The first-order valence-corrected chi connectivity index (χ1v) is 5.49. The number of aromatic nitrogens is 3. The fourth-order valence-electron chi connectivity index (χ4n) is 1.39. The van der Waals surface area contributed by atoms with E-state index in [4.69, 9.17) is 22.7 Å². The third kappa shape index (κ3) is 3.16. The molecule has 18 heavy (non-hydrogen) atoms. The zero-order valence-electron chi connectivity index (χ0n) is 9.86. The van der Waals surface area contributed by atoms with E-state index in [1.165, 1.54) is 7.11 Å². The molecule has 1 unspecified atom stereocenters. The van der Waals surface area contributed by atoms with Crippen molar-refractivity contribution in [2.24, 2.45) is 5.73 Å². The highest BCUT2D eigenvalue weighted by Crippen LogP contribution is 2.30. The summed E-state index contributed by atoms with van der Waals surface area (Å²) in [6.07, 6.45) is -4.21. The Balaban J connectivity index is 3.15. The van der Waals surface area contributed by atoms with Gasteiger partial charge in [0.2, 0.25) is 0 Å². The number of nitrogens with zero attached hydrogens (tertiary/aromatic N) is 3. The number of rotatable bonds is 5. The highest BCUT2D eigenvalue weighted by atomic mass is 32.1. The maximum absolute atomic E-state index is 12.7. The summed E-state index contributed by atoms with van der Waals surface area (Å²) in [7, 11) is 1.45. The number of thiocarbonyl (C=S) groups is 1. The van der Waals surface area contributed by atoms with Crippen LogP contribution in [0.4, 0.5) is 13.2 Å². The first-order chi connectivity index (χ1) is 8.29. The van der Waals surface area contributed by atoms with Crippen molar-refractivity contribution in [3.05, 3.63) is 11.4 Å². The highest BCUT2D eigenvalue weighted by Gasteiger charge is 2.39. The summed E-state index contributed by atoms with van der Waals surface area (Å²) >= 11 is 4.73. The monoisotopic (exact) mass is 282 g/mol. The maximum Gasteiger partial charge on any atom is 0.410 e. The lowest BCUT2D eigenvalue weighted by atomic mass is 10.2. The zero-order valence-corrected chi connectivity index (χ0v) is 10.7. The Kier molecular flexibility index (Phi) is 4.63. The minimum Gasteiger partial charge on any atom is -0.388 e. The molecule has 0 saturated heterocycles. The van der Waals surface area contributed by atoms with Crippen LogP contribution in [-0.4, -0.2) is 39.9 Å². The smallest absolute Gasteiger partial charge is 0.388 e. The molecule has 0 aliphatic rings. The van der Waals surface area contributed by atoms with Gasteiger partial charge in [-0.1, -0.05) is 17.4 Å². The van der Waals surface area contributed by atoms with Crippen molar-refractivity contribution < 1.29 is 17.9 Å². The van der Waals surface area contributed by atoms with Gasteiger partial charge in [-0.15, -0.1) is 5.10 Å². The second kappa shape index (κ2) is 5.61. The minimum absolute atomic E-state index is 0.0817. The van der Waals surface area contributed by atoms with Crippen LogP contribution in [0.15, 0.2) is 0 Å². The molecule has 1 atom stereocenters. The number of hydrogen-bond donors (Lipinski definition) is 1. The molecule has 1 heterocycles. The van der Waals surface area contributed by atoms with Crippen molar-refractivity contribution in [1.82, 2.24) is 15.0 Å². The van der Waals surface area contributed by atoms with Crippen LogP contribution in [0.3, 0.4) is 0 Å². The van der Waals surface area contributed by atoms with Crippen LogP contribution in [0.2, 0.25) is 0 Å². The molecule has 2 N–H and O–H groups in total. The lowest BCUT2D eigenvalue weighted by molar-refractivity contribution is -0.166. The number of halogens is 3. The molecule has 0 aromatic carbocycles. The van der Waals surface area contributed by atoms with Crippen molar-refractivity contribution in [3.8, 4) is 0 Å². The van der Waals surface area contributed by atoms with E-state index in [0.29, 0.717) is 0 Å². The lowest BCUT2D eigenvalue weighted by Gasteiger charge is -2.18. The maximum atomic E-state index is 12.7. The lowest BCUT2D eigenvalue weighted by Crippen LogP contribution is -2.27. The summed E-state index contributed by atoms with van der Waals surface area (Å²) < 4.78 is 43.6. The zero-order chi connectivity index (χ0) is 13.9. The topological polar surface area (TPSA) is 66.0 Å². The number of nitrogens with two attached hydrogens (primary N) is 1. The Morgan fingerprint density at radius 2 is 2.17 bits per heavy atom. The first-order valence-electron chi connectivity index (χ1n) is 5.08. The summed E-state index contributed by atoms with van der Waals surface area (Å²) in [5, 5.41) is 7.07. The molecule has 0 spiro atoms. The summed E-state index contributed by atoms with van der Waals surface area (Å²) in [4.78, 5) is -0.0817. The fraction of sp³-hybridized carbons (Fsp3) is 0.667. The van der Waals surface area contributed by atoms with Crippen LogP contribution in [0.1, 0.15) is 24.4 Å². The standard InChI is InChI=1S/C9H13F3N4OS/c1-5(9(10,11)12)16-6(3-4-17-2)7(8(13)18)14-15-16/h5H,3-4H2,1-2H3,(H2,13,18). The van der Waals surface area contributed by atoms with E-state index >= 15 is 0 Å². The van der Waals surface area contributed by atoms with E-state index in [-0.39, 0.29) is 29.4 Å². The molecule has 0 amide bonds. The van der Waals surface area contributed by atoms with E-state index in [2.05, 4.69) is 10.3 Å². The largest absolute Gasteiger partial charge is 0.410 e. The van der Waals surface area contributed by atoms with Crippen molar-refractivity contribution >= 4 is 17.2 Å². The number of alkyl halides is 3. The summed E-state index contributed by atoms with van der Waals surface area (Å²) in [5.74, 6) is 0. The molecule has 5 nitrogen and oxygen atoms in total. The van der Waals surface area contributed by atoms with Crippen molar-refractivity contribution in [1.29, 1.82) is 0 Å². The quantitative estimate of drug-likeness (QED) is 0.823. The predicted octanol–water partition coefficient (Wildman–Crippen LogP) is 1.22. The Bertz CT molecular complexity index is 432. The third-order valence-electron chi connectivity index (χ3n) is 2.41. The minimum atomic E-state index is -4.41. The van der Waals surface area contributed by atoms with Crippen LogP contribution >= 0.6 is 12.2 Å². The average Bonchev–Trinajstić information content (AvgIpc) is 2.67. The van der Waals surface area contributed by atoms with E-state index in [1.54, 1.807) is 0 Å². The molecule has 0 aliphatic heterocycles. The summed E-state index contributed by atoms with van der Waals surface area (Å²) in [6, 6.07) is -1.79. The molecule has 0 fully saturated rings. The van der Waals surface area contributed by atoms with E-state index in [9.17, 15) is 13.2 Å². The Hall–Kier alpha value is -1.22. The van der Waals surface area contributed by atoms with Gasteiger partial charge in [0, 0.05) is 13.5 Å². The molecular weight excluding hydrogens is 269 g/mol. The van der Waals surface area contributed by atoms with E-state index in [0.717, 1.165) is 11.6 Å². The van der Waals surface area contributed by atoms with Crippen LogP contribution < -0.4 is 5.73 Å².